The van der Waals surface area contributed by atoms with Crippen LogP contribution >= 0.6 is 0 Å². The Morgan fingerprint density at radius 2 is 1.33 bits per heavy atom. The van der Waals surface area contributed by atoms with Gasteiger partial charge < -0.3 is 34.0 Å². The van der Waals surface area contributed by atoms with E-state index in [-0.39, 0.29) is 34.0 Å². The molecule has 0 radical (unpaired) electrons. The van der Waals surface area contributed by atoms with E-state index in [1.807, 2.05) is 0 Å². The third-order valence-electron chi connectivity index (χ3n) is 0.262. The summed E-state index contributed by atoms with van der Waals surface area (Å²) in [5, 5.41) is 0. The van der Waals surface area contributed by atoms with Gasteiger partial charge in [0.25, 0.3) is 0 Å². The summed E-state index contributed by atoms with van der Waals surface area (Å²) < 4.78 is 4.79. The van der Waals surface area contributed by atoms with Gasteiger partial charge in [0.05, 0.1) is 0 Å². The van der Waals surface area contributed by atoms with Gasteiger partial charge in [0.15, 0.2) is 0 Å². The smallest absolute Gasteiger partial charge is 1.00 e. The molecule has 0 rings (SSSR count). The van der Waals surface area contributed by atoms with Crippen molar-refractivity contribution in [2.45, 2.75) is 0 Å². The van der Waals surface area contributed by atoms with Gasteiger partial charge in [-0.1, -0.05) is 0 Å². The van der Waals surface area contributed by atoms with E-state index in [1.54, 1.807) is 0 Å². The molecule has 0 fully saturated rings. The first-order chi connectivity index (χ1) is 3.41. The molecule has 0 spiro atoms. The molecule has 0 aromatic heterocycles. The summed E-state index contributed by atoms with van der Waals surface area (Å²) in [5.74, 6) is 0. The molecule has 9 heavy (non-hydrogen) atoms. The number of halogens is 2. The molecule has 7 heteroatoms. The number of nitrogens with one attached hydrogen (secondary N) is 2. The van der Waals surface area contributed by atoms with Crippen LogP contribution in [0.4, 0.5) is 0 Å². The maximum absolute atomic E-state index is 9.46. The van der Waals surface area contributed by atoms with Crippen molar-refractivity contribution in [3.8, 4) is 0 Å². The fourth-order valence-electron chi connectivity index (χ4n) is 0.101. The molecule has 0 aliphatic rings. The molecule has 0 aromatic carbocycles. The molecule has 0 bridgehead atoms. The van der Waals surface area contributed by atoms with E-state index >= 15 is 0 Å². The van der Waals surface area contributed by atoms with Crippen LogP contribution in [0.2, 0.25) is 0 Å². The summed E-state index contributed by atoms with van der Waals surface area (Å²) >= 11 is -1.05. The van der Waals surface area contributed by atoms with E-state index in [4.69, 9.17) is 0 Å². The normalized spacial score (nSPS) is 4.44. The number of carbonyl (C=O) groups is 2. The molecule has 2 N–H and O–H groups in total. The molecule has 52 valence electrons. The topological polar surface area (TPSA) is 58.2 Å². The Bertz CT molecular complexity index is 65.6. The Balaban J connectivity index is -0.000000180. The molecule has 0 saturated carbocycles. The Kier molecular flexibility index (Phi) is 29.0. The summed E-state index contributed by atoms with van der Waals surface area (Å²) in [7, 11) is 0. The average molecular weight is 339 g/mol. The van der Waals surface area contributed by atoms with Gasteiger partial charge in [-0.3, -0.25) is 0 Å². The number of amides is 2. The summed E-state index contributed by atoms with van der Waals surface area (Å²) in [5.41, 5.74) is 0. The van der Waals surface area contributed by atoms with Crippen molar-refractivity contribution in [2.24, 2.45) is 0 Å². The maximum Gasteiger partial charge on any atom is -1.00 e. The van der Waals surface area contributed by atoms with E-state index in [0.29, 0.717) is 12.8 Å². The fraction of sp³-hybridized carbons (Fsp3) is 0. The second-order valence-electron chi connectivity index (χ2n) is 0.649. The van der Waals surface area contributed by atoms with Gasteiger partial charge in [-0.2, -0.15) is 0 Å². The van der Waals surface area contributed by atoms with Crippen molar-refractivity contribution < 1.29 is 67.4 Å². The Morgan fingerprint density at radius 3 is 1.56 bits per heavy atom. The predicted octanol–water partition coefficient (Wildman–Crippen LogP) is -7.60. The number of carbonyl (C=O) groups excluding carboxylic acids is 2. The van der Waals surface area contributed by atoms with Gasteiger partial charge in [0.2, 0.25) is 0 Å². The Labute approximate surface area is 86.1 Å². The van der Waals surface area contributed by atoms with Crippen LogP contribution in [-0.4, -0.2) is 12.8 Å². The van der Waals surface area contributed by atoms with Crippen LogP contribution in [0.25, 0.3) is 0 Å². The SMILES string of the molecule is O=C[NH][Zr+2][NH]C=O.[Br-].[Br-]. The minimum Gasteiger partial charge on any atom is -1.00 e. The van der Waals surface area contributed by atoms with Gasteiger partial charge in [0.1, 0.15) is 0 Å². The largest absolute Gasteiger partial charge is 1.00 e. The first kappa shape index (κ1) is 16.4. The zero-order chi connectivity index (χ0) is 5.54. The van der Waals surface area contributed by atoms with Crippen molar-refractivity contribution in [3.05, 3.63) is 0 Å². The average Bonchev–Trinajstić information content (AvgIpc) is 1.69. The van der Waals surface area contributed by atoms with Crippen LogP contribution in [-0.2, 0) is 33.4 Å². The molecule has 2 amide bonds. The summed E-state index contributed by atoms with van der Waals surface area (Å²) in [6, 6.07) is 0. The van der Waals surface area contributed by atoms with Crippen LogP contribution in [0.15, 0.2) is 0 Å². The summed E-state index contributed by atoms with van der Waals surface area (Å²) in [6.45, 7) is 0. The van der Waals surface area contributed by atoms with Crippen molar-refractivity contribution >= 4 is 12.8 Å². The van der Waals surface area contributed by atoms with Crippen LogP contribution in [0.3, 0.4) is 0 Å². The van der Waals surface area contributed by atoms with Gasteiger partial charge in [-0.15, -0.1) is 0 Å². The first-order valence-electron chi connectivity index (χ1n) is 1.55. The zero-order valence-corrected chi connectivity index (χ0v) is 9.86. The number of rotatable bonds is 4. The van der Waals surface area contributed by atoms with Crippen LogP contribution in [0, 0.1) is 0 Å². The monoisotopic (exact) mass is 336 g/mol. The minimum atomic E-state index is -1.05. The summed E-state index contributed by atoms with van der Waals surface area (Å²) in [6.07, 6.45) is 1.17. The van der Waals surface area contributed by atoms with Crippen molar-refractivity contribution in [3.63, 3.8) is 0 Å². The molecular weight excluding hydrogens is 335 g/mol. The second kappa shape index (κ2) is 15.9. The Hall–Kier alpha value is 0.783. The number of hydrogen-bond acceptors (Lipinski definition) is 2. The Morgan fingerprint density at radius 1 is 1.00 bits per heavy atom. The predicted molar refractivity (Wildman–Crippen MR) is 18.4 cm³/mol. The van der Waals surface area contributed by atoms with Crippen molar-refractivity contribution in [1.29, 1.82) is 0 Å². The van der Waals surface area contributed by atoms with E-state index < -0.39 is 23.8 Å². The van der Waals surface area contributed by atoms with E-state index in [2.05, 4.69) is 6.52 Å². The van der Waals surface area contributed by atoms with Crippen LogP contribution in [0.1, 0.15) is 0 Å². The molecule has 0 aliphatic carbocycles. The second-order valence-corrected chi connectivity index (χ2v) is 2.68. The van der Waals surface area contributed by atoms with Gasteiger partial charge in [-0.05, 0) is 0 Å². The number of hydrogen-bond donors (Lipinski definition) is 2. The summed E-state index contributed by atoms with van der Waals surface area (Å²) in [4.78, 5) is 18.9. The van der Waals surface area contributed by atoms with Crippen molar-refractivity contribution in [1.82, 2.24) is 6.52 Å². The third-order valence-corrected chi connectivity index (χ3v) is 1.55. The van der Waals surface area contributed by atoms with E-state index in [1.165, 1.54) is 0 Å². The third kappa shape index (κ3) is 17.7. The quantitative estimate of drug-likeness (QED) is 0.395. The molecule has 0 aromatic rings. The molecular formula is C2H4Br2N2O2Zr. The molecule has 0 unspecified atom stereocenters. The van der Waals surface area contributed by atoms with E-state index in [9.17, 15) is 9.59 Å². The van der Waals surface area contributed by atoms with Gasteiger partial charge >= 0.3 is 52.7 Å². The molecule has 4 nitrogen and oxygen atoms in total. The van der Waals surface area contributed by atoms with Crippen LogP contribution < -0.4 is 40.5 Å². The molecule has 0 aliphatic heterocycles. The standard InChI is InChI=1S/2CH3NO.2BrH.Zr/c2*2-1-3;;;/h2*1H,(H2,2,3);2*1H;/q;;;;+4/p-4. The van der Waals surface area contributed by atoms with Gasteiger partial charge in [-0.25, -0.2) is 0 Å². The minimum absolute atomic E-state index is 0. The van der Waals surface area contributed by atoms with E-state index in [0.717, 1.165) is 0 Å². The van der Waals surface area contributed by atoms with Crippen LogP contribution in [0.5, 0.6) is 0 Å². The molecule has 0 heterocycles. The maximum atomic E-state index is 9.46. The molecule has 0 atom stereocenters. The molecule has 0 saturated heterocycles. The van der Waals surface area contributed by atoms with Gasteiger partial charge in [0, 0.05) is 0 Å². The fourth-order valence-corrected chi connectivity index (χ4v) is 0.595. The first-order valence-corrected chi connectivity index (χ1v) is 4.01. The zero-order valence-electron chi connectivity index (χ0n) is 4.23. The van der Waals surface area contributed by atoms with Crippen molar-refractivity contribution in [2.75, 3.05) is 0 Å².